The maximum Gasteiger partial charge on any atom is 0.303 e. The van der Waals surface area contributed by atoms with Gasteiger partial charge in [0.2, 0.25) is 5.91 Å². The SMILES string of the molecule is CCc1cc(C(=O)c2ccc(F)cc2)c(NC(=O)CC(CC)(CC)CC(=O)O)s1. The van der Waals surface area contributed by atoms with Gasteiger partial charge in [-0.25, -0.2) is 4.39 Å². The lowest BCUT2D eigenvalue weighted by Gasteiger charge is -2.29. The Labute approximate surface area is 174 Å². The smallest absolute Gasteiger partial charge is 0.303 e. The second kappa shape index (κ2) is 9.78. The molecule has 7 heteroatoms. The maximum absolute atomic E-state index is 13.2. The summed E-state index contributed by atoms with van der Waals surface area (Å²) in [6, 6.07) is 7.02. The molecule has 1 aromatic heterocycles. The molecule has 0 aliphatic heterocycles. The van der Waals surface area contributed by atoms with Crippen molar-refractivity contribution in [2.24, 2.45) is 5.41 Å². The Bertz CT molecular complexity index is 885. The van der Waals surface area contributed by atoms with Crippen LogP contribution >= 0.6 is 11.3 Å². The highest BCUT2D eigenvalue weighted by atomic mass is 32.1. The van der Waals surface area contributed by atoms with Crippen molar-refractivity contribution in [3.05, 3.63) is 52.2 Å². The molecule has 29 heavy (non-hydrogen) atoms. The summed E-state index contributed by atoms with van der Waals surface area (Å²) in [5, 5.41) is 12.5. The first-order chi connectivity index (χ1) is 13.7. The minimum Gasteiger partial charge on any atom is -0.481 e. The molecule has 1 amide bonds. The number of anilines is 1. The van der Waals surface area contributed by atoms with Crippen LogP contribution in [0.15, 0.2) is 30.3 Å². The van der Waals surface area contributed by atoms with E-state index in [1.54, 1.807) is 6.07 Å². The summed E-state index contributed by atoms with van der Waals surface area (Å²) in [5.74, 6) is -1.96. The van der Waals surface area contributed by atoms with Crippen molar-refractivity contribution in [1.82, 2.24) is 0 Å². The van der Waals surface area contributed by atoms with Gasteiger partial charge in [-0.2, -0.15) is 0 Å². The lowest BCUT2D eigenvalue weighted by molar-refractivity contribution is -0.140. The molecule has 2 aromatic rings. The van der Waals surface area contributed by atoms with E-state index in [9.17, 15) is 23.9 Å². The van der Waals surface area contributed by atoms with Gasteiger partial charge in [0.1, 0.15) is 10.8 Å². The summed E-state index contributed by atoms with van der Waals surface area (Å²) in [5.41, 5.74) is 0.0790. The van der Waals surface area contributed by atoms with E-state index >= 15 is 0 Å². The number of aliphatic carboxylic acids is 1. The lowest BCUT2D eigenvalue weighted by atomic mass is 9.76. The maximum atomic E-state index is 13.2. The first-order valence-corrected chi connectivity index (χ1v) is 10.5. The number of aryl methyl sites for hydroxylation is 1. The molecule has 5 nitrogen and oxygen atoms in total. The highest BCUT2D eigenvalue weighted by Gasteiger charge is 2.32. The summed E-state index contributed by atoms with van der Waals surface area (Å²) in [7, 11) is 0. The van der Waals surface area contributed by atoms with Gasteiger partial charge < -0.3 is 10.4 Å². The summed E-state index contributed by atoms with van der Waals surface area (Å²) in [6.07, 6.45) is 1.82. The van der Waals surface area contributed by atoms with Crippen molar-refractivity contribution in [2.75, 3.05) is 5.32 Å². The number of benzene rings is 1. The van der Waals surface area contributed by atoms with Crippen LogP contribution in [-0.4, -0.2) is 22.8 Å². The molecule has 0 saturated heterocycles. The fraction of sp³-hybridized carbons (Fsp3) is 0.409. The Morgan fingerprint density at radius 2 is 1.69 bits per heavy atom. The summed E-state index contributed by atoms with van der Waals surface area (Å²) >= 11 is 1.33. The van der Waals surface area contributed by atoms with Crippen molar-refractivity contribution < 1.29 is 23.9 Å². The number of carbonyl (C=O) groups excluding carboxylic acids is 2. The molecule has 2 rings (SSSR count). The van der Waals surface area contributed by atoms with Gasteiger partial charge in [-0.05, 0) is 55.0 Å². The van der Waals surface area contributed by atoms with Crippen LogP contribution in [0.2, 0.25) is 0 Å². The van der Waals surface area contributed by atoms with E-state index in [-0.39, 0.29) is 24.5 Å². The second-order valence-corrected chi connectivity index (χ2v) is 8.28. The van der Waals surface area contributed by atoms with Crippen LogP contribution in [0, 0.1) is 11.2 Å². The van der Waals surface area contributed by atoms with Gasteiger partial charge in [-0.15, -0.1) is 11.3 Å². The lowest BCUT2D eigenvalue weighted by Crippen LogP contribution is -2.29. The Hall–Kier alpha value is -2.54. The zero-order chi connectivity index (χ0) is 21.6. The fourth-order valence-electron chi connectivity index (χ4n) is 3.28. The average molecular weight is 420 g/mol. The Kier molecular flexibility index (Phi) is 7.67. The van der Waals surface area contributed by atoms with E-state index in [1.807, 2.05) is 20.8 Å². The zero-order valence-electron chi connectivity index (χ0n) is 16.9. The molecular formula is C22H26FNO4S. The summed E-state index contributed by atoms with van der Waals surface area (Å²) in [4.78, 5) is 37.8. The standard InChI is InChI=1S/C22H26FNO4S/c1-4-16-11-17(20(28)14-7-9-15(23)10-8-14)21(29-16)24-18(25)12-22(5-2,6-3)13-19(26)27/h7-11H,4-6,12-13H2,1-3H3,(H,24,25)(H,26,27). The van der Waals surface area contributed by atoms with Gasteiger partial charge in [-0.3, -0.25) is 14.4 Å². The third-order valence-corrected chi connectivity index (χ3v) is 6.49. The van der Waals surface area contributed by atoms with Gasteiger partial charge in [-0.1, -0.05) is 20.8 Å². The molecule has 0 unspecified atom stereocenters. The Morgan fingerprint density at radius 1 is 1.07 bits per heavy atom. The molecule has 0 aliphatic rings. The van der Waals surface area contributed by atoms with Gasteiger partial charge in [0.15, 0.2) is 5.78 Å². The number of hydrogen-bond donors (Lipinski definition) is 2. The van der Waals surface area contributed by atoms with Crippen molar-refractivity contribution in [1.29, 1.82) is 0 Å². The van der Waals surface area contributed by atoms with Gasteiger partial charge in [0, 0.05) is 16.9 Å². The summed E-state index contributed by atoms with van der Waals surface area (Å²) in [6.45, 7) is 5.71. The van der Waals surface area contributed by atoms with Gasteiger partial charge in [0.05, 0.1) is 12.0 Å². The molecule has 0 atom stereocenters. The molecule has 0 fully saturated rings. The second-order valence-electron chi connectivity index (χ2n) is 7.15. The molecule has 156 valence electrons. The number of halogens is 1. The largest absolute Gasteiger partial charge is 0.481 e. The monoisotopic (exact) mass is 419 g/mol. The van der Waals surface area contributed by atoms with Crippen LogP contribution in [0.5, 0.6) is 0 Å². The quantitative estimate of drug-likeness (QED) is 0.513. The minimum absolute atomic E-state index is 0.0653. The molecule has 0 bridgehead atoms. The number of carbonyl (C=O) groups is 3. The van der Waals surface area contributed by atoms with Gasteiger partial charge in [0.25, 0.3) is 0 Å². The van der Waals surface area contributed by atoms with Crippen LogP contribution in [0.25, 0.3) is 0 Å². The molecule has 0 saturated carbocycles. The van der Waals surface area contributed by atoms with Crippen molar-refractivity contribution in [2.45, 2.75) is 52.9 Å². The van der Waals surface area contributed by atoms with Crippen molar-refractivity contribution in [3.8, 4) is 0 Å². The van der Waals surface area contributed by atoms with E-state index in [0.29, 0.717) is 35.4 Å². The Morgan fingerprint density at radius 3 is 2.21 bits per heavy atom. The summed E-state index contributed by atoms with van der Waals surface area (Å²) < 4.78 is 13.2. The number of rotatable bonds is 10. The first-order valence-electron chi connectivity index (χ1n) is 9.68. The highest BCUT2D eigenvalue weighted by Crippen LogP contribution is 2.36. The van der Waals surface area contributed by atoms with Crippen molar-refractivity contribution in [3.63, 3.8) is 0 Å². The van der Waals surface area contributed by atoms with Crippen LogP contribution in [-0.2, 0) is 16.0 Å². The van der Waals surface area contributed by atoms with Crippen LogP contribution in [0.1, 0.15) is 67.3 Å². The average Bonchev–Trinajstić information content (AvgIpc) is 3.09. The topological polar surface area (TPSA) is 83.5 Å². The third kappa shape index (κ3) is 5.73. The van der Waals surface area contributed by atoms with Gasteiger partial charge >= 0.3 is 5.97 Å². The zero-order valence-corrected chi connectivity index (χ0v) is 17.7. The number of carboxylic acid groups (broad SMARTS) is 1. The number of amides is 1. The predicted molar refractivity (Wildman–Crippen MR) is 112 cm³/mol. The first kappa shape index (κ1) is 22.7. The minimum atomic E-state index is -0.932. The van der Waals surface area contributed by atoms with E-state index < -0.39 is 17.2 Å². The number of thiophene rings is 1. The van der Waals surface area contributed by atoms with E-state index in [2.05, 4.69) is 5.32 Å². The van der Waals surface area contributed by atoms with Crippen LogP contribution in [0.3, 0.4) is 0 Å². The predicted octanol–water partition coefficient (Wildman–Crippen LogP) is 5.29. The van der Waals surface area contributed by atoms with E-state index in [0.717, 1.165) is 4.88 Å². The van der Waals surface area contributed by atoms with E-state index in [4.69, 9.17) is 0 Å². The van der Waals surface area contributed by atoms with Crippen LogP contribution < -0.4 is 5.32 Å². The number of hydrogen-bond acceptors (Lipinski definition) is 4. The number of nitrogens with one attached hydrogen (secondary N) is 1. The van der Waals surface area contributed by atoms with Crippen molar-refractivity contribution >= 4 is 34.0 Å². The van der Waals surface area contributed by atoms with E-state index in [1.165, 1.54) is 35.6 Å². The Balaban J connectivity index is 2.27. The molecular weight excluding hydrogens is 393 g/mol. The number of carboxylic acids is 1. The molecule has 2 N–H and O–H groups in total. The normalized spacial score (nSPS) is 11.3. The van der Waals surface area contributed by atoms with Crippen LogP contribution in [0.4, 0.5) is 9.39 Å². The number of ketones is 1. The third-order valence-electron chi connectivity index (χ3n) is 5.30. The molecule has 1 aromatic carbocycles. The molecule has 0 spiro atoms. The molecule has 0 aliphatic carbocycles. The fourth-order valence-corrected chi connectivity index (χ4v) is 4.29. The highest BCUT2D eigenvalue weighted by molar-refractivity contribution is 7.16. The molecule has 1 heterocycles. The molecule has 0 radical (unpaired) electrons.